The first-order valence-corrected chi connectivity index (χ1v) is 8.94. The van der Waals surface area contributed by atoms with Gasteiger partial charge in [-0.1, -0.05) is 23.9 Å². The SMILES string of the molecule is COc1ccc(C(=O)CSc2nnc(COc3cccc(C)c3)o2)cc1. The van der Waals surface area contributed by atoms with E-state index in [4.69, 9.17) is 13.9 Å². The largest absolute Gasteiger partial charge is 0.497 e. The Bertz CT molecular complexity index is 877. The smallest absolute Gasteiger partial charge is 0.277 e. The van der Waals surface area contributed by atoms with Gasteiger partial charge in [-0.25, -0.2) is 0 Å². The van der Waals surface area contributed by atoms with Crippen molar-refractivity contribution in [2.75, 3.05) is 12.9 Å². The van der Waals surface area contributed by atoms with Crippen molar-refractivity contribution in [3.8, 4) is 11.5 Å². The van der Waals surface area contributed by atoms with Gasteiger partial charge in [-0.3, -0.25) is 4.79 Å². The van der Waals surface area contributed by atoms with Crippen LogP contribution >= 0.6 is 11.8 Å². The second-order valence-corrected chi connectivity index (χ2v) is 6.43. The summed E-state index contributed by atoms with van der Waals surface area (Å²) in [5, 5.41) is 8.21. The molecule has 0 amide bonds. The highest BCUT2D eigenvalue weighted by Gasteiger charge is 2.12. The minimum atomic E-state index is -0.0200. The number of aryl methyl sites for hydroxylation is 1. The molecular weight excluding hydrogens is 352 g/mol. The molecule has 2 aromatic carbocycles. The van der Waals surface area contributed by atoms with Crippen LogP contribution in [0.2, 0.25) is 0 Å². The van der Waals surface area contributed by atoms with Gasteiger partial charge in [0.1, 0.15) is 11.5 Å². The monoisotopic (exact) mass is 370 g/mol. The molecule has 0 aliphatic rings. The maximum absolute atomic E-state index is 12.2. The average molecular weight is 370 g/mol. The molecule has 0 bridgehead atoms. The first-order chi connectivity index (χ1) is 12.6. The van der Waals surface area contributed by atoms with Gasteiger partial charge in [-0.2, -0.15) is 0 Å². The minimum Gasteiger partial charge on any atom is -0.497 e. The second-order valence-electron chi connectivity index (χ2n) is 5.51. The number of ketones is 1. The zero-order chi connectivity index (χ0) is 18.4. The second kappa shape index (κ2) is 8.53. The number of hydrogen-bond donors (Lipinski definition) is 0. The lowest BCUT2D eigenvalue weighted by molar-refractivity contribution is 0.102. The van der Waals surface area contributed by atoms with Gasteiger partial charge >= 0.3 is 0 Å². The van der Waals surface area contributed by atoms with E-state index in [9.17, 15) is 4.79 Å². The van der Waals surface area contributed by atoms with E-state index in [0.29, 0.717) is 22.4 Å². The summed E-state index contributed by atoms with van der Waals surface area (Å²) in [5.74, 6) is 2.02. The van der Waals surface area contributed by atoms with Crippen molar-refractivity contribution in [2.45, 2.75) is 18.8 Å². The summed E-state index contributed by atoms with van der Waals surface area (Å²) >= 11 is 1.20. The maximum atomic E-state index is 12.2. The fraction of sp³-hybridized carbons (Fsp3) is 0.211. The molecule has 0 saturated carbocycles. The van der Waals surface area contributed by atoms with E-state index in [1.165, 1.54) is 11.8 Å². The van der Waals surface area contributed by atoms with Gasteiger partial charge in [0.2, 0.25) is 0 Å². The van der Waals surface area contributed by atoms with Gasteiger partial charge < -0.3 is 13.9 Å². The summed E-state index contributed by atoms with van der Waals surface area (Å²) in [4.78, 5) is 12.2. The molecule has 0 aliphatic carbocycles. The first-order valence-electron chi connectivity index (χ1n) is 7.96. The zero-order valence-electron chi connectivity index (χ0n) is 14.5. The van der Waals surface area contributed by atoms with Crippen LogP contribution in [0, 0.1) is 6.92 Å². The quantitative estimate of drug-likeness (QED) is 0.439. The number of hydrogen-bond acceptors (Lipinski definition) is 7. The van der Waals surface area contributed by atoms with E-state index >= 15 is 0 Å². The molecule has 6 nitrogen and oxygen atoms in total. The fourth-order valence-corrected chi connectivity index (χ4v) is 2.87. The highest BCUT2D eigenvalue weighted by molar-refractivity contribution is 7.99. The Labute approximate surface area is 155 Å². The Morgan fingerprint density at radius 3 is 2.65 bits per heavy atom. The van der Waals surface area contributed by atoms with E-state index in [2.05, 4.69) is 10.2 Å². The van der Waals surface area contributed by atoms with Crippen LogP contribution in [0.1, 0.15) is 21.8 Å². The van der Waals surface area contributed by atoms with Crippen molar-refractivity contribution in [1.29, 1.82) is 0 Å². The van der Waals surface area contributed by atoms with Gasteiger partial charge in [0.15, 0.2) is 12.4 Å². The van der Waals surface area contributed by atoms with Crippen molar-refractivity contribution in [2.24, 2.45) is 0 Å². The average Bonchev–Trinajstić information content (AvgIpc) is 3.12. The number of carbonyl (C=O) groups is 1. The van der Waals surface area contributed by atoms with E-state index in [1.807, 2.05) is 31.2 Å². The third kappa shape index (κ3) is 4.86. The lowest BCUT2D eigenvalue weighted by Gasteiger charge is -2.03. The number of Topliss-reactive ketones (excluding diaryl/α,β-unsaturated/α-hetero) is 1. The molecule has 0 saturated heterocycles. The molecule has 134 valence electrons. The topological polar surface area (TPSA) is 74.5 Å². The predicted octanol–water partition coefficient (Wildman–Crippen LogP) is 3.94. The van der Waals surface area contributed by atoms with Gasteiger partial charge in [0.05, 0.1) is 12.9 Å². The van der Waals surface area contributed by atoms with Crippen LogP contribution in [0.25, 0.3) is 0 Å². The van der Waals surface area contributed by atoms with Crippen LogP contribution in [0.15, 0.2) is 58.2 Å². The minimum absolute atomic E-state index is 0.0200. The van der Waals surface area contributed by atoms with E-state index in [1.54, 1.807) is 31.4 Å². The molecule has 0 atom stereocenters. The number of methoxy groups -OCH3 is 1. The third-order valence-corrected chi connectivity index (χ3v) is 4.36. The Balaban J connectivity index is 1.50. The standard InChI is InChI=1S/C19H18N2O4S/c1-13-4-3-5-16(10-13)24-11-18-20-21-19(25-18)26-12-17(22)14-6-8-15(23-2)9-7-14/h3-10H,11-12H2,1-2H3. The lowest BCUT2D eigenvalue weighted by atomic mass is 10.1. The molecule has 26 heavy (non-hydrogen) atoms. The third-order valence-electron chi connectivity index (χ3n) is 3.54. The Kier molecular flexibility index (Phi) is 5.91. The molecular formula is C19H18N2O4S. The molecule has 0 spiro atoms. The summed E-state index contributed by atoms with van der Waals surface area (Å²) in [6.07, 6.45) is 0. The van der Waals surface area contributed by atoms with E-state index < -0.39 is 0 Å². The van der Waals surface area contributed by atoms with Crippen LogP contribution < -0.4 is 9.47 Å². The van der Waals surface area contributed by atoms with Crippen LogP contribution in [-0.2, 0) is 6.61 Å². The Morgan fingerprint density at radius 1 is 1.12 bits per heavy atom. The number of benzene rings is 2. The van der Waals surface area contributed by atoms with Crippen molar-refractivity contribution < 1.29 is 18.7 Å². The molecule has 3 aromatic rings. The summed E-state index contributed by atoms with van der Waals surface area (Å²) in [5.41, 5.74) is 1.72. The van der Waals surface area contributed by atoms with E-state index in [0.717, 1.165) is 11.3 Å². The number of rotatable bonds is 8. The van der Waals surface area contributed by atoms with Crippen molar-refractivity contribution >= 4 is 17.5 Å². The van der Waals surface area contributed by atoms with Crippen LogP contribution in [0.4, 0.5) is 0 Å². The number of carbonyl (C=O) groups excluding carboxylic acids is 1. The normalized spacial score (nSPS) is 10.5. The van der Waals surface area contributed by atoms with Gasteiger partial charge in [0, 0.05) is 5.56 Å². The maximum Gasteiger partial charge on any atom is 0.277 e. The highest BCUT2D eigenvalue weighted by Crippen LogP contribution is 2.20. The van der Waals surface area contributed by atoms with Crippen LogP contribution in [0.5, 0.6) is 11.5 Å². The molecule has 0 fully saturated rings. The van der Waals surface area contributed by atoms with Gasteiger partial charge in [-0.05, 0) is 48.9 Å². The summed E-state index contributed by atoms with van der Waals surface area (Å²) in [6.45, 7) is 2.18. The number of aromatic nitrogens is 2. The molecule has 0 unspecified atom stereocenters. The molecule has 1 heterocycles. The van der Waals surface area contributed by atoms with Crippen molar-refractivity contribution in [1.82, 2.24) is 10.2 Å². The number of ether oxygens (including phenoxy) is 2. The fourth-order valence-electron chi connectivity index (χ4n) is 2.19. The Hall–Kier alpha value is -2.80. The van der Waals surface area contributed by atoms with Crippen molar-refractivity contribution in [3.05, 3.63) is 65.5 Å². The van der Waals surface area contributed by atoms with Gasteiger partial charge in [0.25, 0.3) is 11.1 Å². The van der Waals surface area contributed by atoms with E-state index in [-0.39, 0.29) is 18.1 Å². The molecule has 3 rings (SSSR count). The van der Waals surface area contributed by atoms with Gasteiger partial charge in [-0.15, -0.1) is 10.2 Å². The molecule has 0 N–H and O–H groups in total. The molecule has 1 aromatic heterocycles. The lowest BCUT2D eigenvalue weighted by Crippen LogP contribution is -2.02. The molecule has 0 radical (unpaired) electrons. The summed E-state index contributed by atoms with van der Waals surface area (Å²) in [7, 11) is 1.59. The first kappa shape index (κ1) is 18.0. The zero-order valence-corrected chi connectivity index (χ0v) is 15.3. The highest BCUT2D eigenvalue weighted by atomic mass is 32.2. The van der Waals surface area contributed by atoms with Crippen LogP contribution in [-0.4, -0.2) is 28.8 Å². The Morgan fingerprint density at radius 2 is 1.92 bits per heavy atom. The molecule has 7 heteroatoms. The molecule has 0 aliphatic heterocycles. The summed E-state index contributed by atoms with van der Waals surface area (Å²) < 4.78 is 16.2. The number of nitrogens with zero attached hydrogens (tertiary/aromatic N) is 2. The van der Waals surface area contributed by atoms with Crippen molar-refractivity contribution in [3.63, 3.8) is 0 Å². The van der Waals surface area contributed by atoms with Crippen LogP contribution in [0.3, 0.4) is 0 Å². The number of thioether (sulfide) groups is 1. The predicted molar refractivity (Wildman–Crippen MR) is 97.9 cm³/mol. The summed E-state index contributed by atoms with van der Waals surface area (Å²) in [6, 6.07) is 14.7.